The Bertz CT molecular complexity index is 897. The van der Waals surface area contributed by atoms with E-state index in [2.05, 4.69) is 9.97 Å². The van der Waals surface area contributed by atoms with Crippen LogP contribution in [0, 0.1) is 6.92 Å². The second-order valence-corrected chi connectivity index (χ2v) is 6.94. The van der Waals surface area contributed by atoms with Crippen molar-refractivity contribution in [1.82, 2.24) is 9.97 Å². The molecule has 0 aliphatic heterocycles. The summed E-state index contributed by atoms with van der Waals surface area (Å²) >= 11 is 2.92. The van der Waals surface area contributed by atoms with Gasteiger partial charge in [-0.3, -0.25) is 4.79 Å². The van der Waals surface area contributed by atoms with E-state index in [4.69, 9.17) is 5.11 Å². The van der Waals surface area contributed by atoms with E-state index in [1.54, 1.807) is 24.3 Å². The van der Waals surface area contributed by atoms with Gasteiger partial charge in [0.05, 0.1) is 10.9 Å². The lowest BCUT2D eigenvalue weighted by atomic mass is 10.1. The minimum absolute atomic E-state index is 0.127. The van der Waals surface area contributed by atoms with E-state index in [0.29, 0.717) is 16.3 Å². The first-order valence-corrected chi connectivity index (χ1v) is 8.28. The van der Waals surface area contributed by atoms with Gasteiger partial charge in [-0.1, -0.05) is 23.9 Å². The van der Waals surface area contributed by atoms with Crippen LogP contribution >= 0.6 is 23.1 Å². The Morgan fingerprint density at radius 1 is 1.36 bits per heavy atom. The van der Waals surface area contributed by atoms with Gasteiger partial charge in [0.25, 0.3) is 5.56 Å². The molecule has 3 rings (SSSR count). The maximum atomic E-state index is 12.0. The van der Waals surface area contributed by atoms with Gasteiger partial charge in [-0.25, -0.2) is 9.78 Å². The van der Waals surface area contributed by atoms with Crippen LogP contribution in [-0.4, -0.2) is 21.0 Å². The number of nitrogens with zero attached hydrogens (tertiary/aromatic N) is 1. The van der Waals surface area contributed by atoms with E-state index in [1.807, 2.05) is 13.0 Å². The minimum atomic E-state index is -0.941. The van der Waals surface area contributed by atoms with Crippen LogP contribution in [0.4, 0.5) is 0 Å². The molecule has 7 heteroatoms. The third-order valence-corrected chi connectivity index (χ3v) is 4.97. The molecule has 2 aromatic heterocycles. The average Bonchev–Trinajstić information content (AvgIpc) is 2.86. The average molecular weight is 332 g/mol. The van der Waals surface area contributed by atoms with E-state index in [1.165, 1.54) is 23.1 Å². The summed E-state index contributed by atoms with van der Waals surface area (Å²) in [6, 6.07) is 8.51. The van der Waals surface area contributed by atoms with Gasteiger partial charge in [-0.2, -0.15) is 0 Å². The highest BCUT2D eigenvalue weighted by Crippen LogP contribution is 2.24. The number of benzene rings is 1. The van der Waals surface area contributed by atoms with E-state index in [9.17, 15) is 9.59 Å². The molecular formula is C15H12N2O3S2. The van der Waals surface area contributed by atoms with Crippen LogP contribution in [0.5, 0.6) is 0 Å². The molecule has 0 aliphatic carbocycles. The lowest BCUT2D eigenvalue weighted by molar-refractivity contribution is 0.0697. The van der Waals surface area contributed by atoms with E-state index in [0.717, 1.165) is 15.3 Å². The van der Waals surface area contributed by atoms with Crippen molar-refractivity contribution in [3.8, 4) is 0 Å². The number of carboxylic acids is 1. The van der Waals surface area contributed by atoms with Crippen LogP contribution in [0.2, 0.25) is 0 Å². The number of carboxylic acid groups (broad SMARTS) is 1. The van der Waals surface area contributed by atoms with Crippen molar-refractivity contribution in [1.29, 1.82) is 0 Å². The van der Waals surface area contributed by atoms with Crippen molar-refractivity contribution in [3.05, 3.63) is 56.7 Å². The fourth-order valence-electron chi connectivity index (χ4n) is 2.00. The normalized spacial score (nSPS) is 11.0. The molecule has 2 heterocycles. The molecule has 2 N–H and O–H groups in total. The number of thiophene rings is 1. The summed E-state index contributed by atoms with van der Waals surface area (Å²) in [7, 11) is 0. The Balaban J connectivity index is 1.78. The summed E-state index contributed by atoms with van der Waals surface area (Å²) < 4.78 is 0. The second-order valence-electron chi connectivity index (χ2n) is 4.74. The lowest BCUT2D eigenvalue weighted by Crippen LogP contribution is -2.07. The van der Waals surface area contributed by atoms with Gasteiger partial charge < -0.3 is 10.1 Å². The number of hydrogen-bond donors (Lipinski definition) is 2. The Morgan fingerprint density at radius 2 is 2.09 bits per heavy atom. The minimum Gasteiger partial charge on any atom is -0.478 e. The van der Waals surface area contributed by atoms with Gasteiger partial charge >= 0.3 is 5.97 Å². The molecule has 112 valence electrons. The molecule has 0 amide bonds. The van der Waals surface area contributed by atoms with E-state index < -0.39 is 5.97 Å². The highest BCUT2D eigenvalue weighted by molar-refractivity contribution is 7.98. The summed E-state index contributed by atoms with van der Waals surface area (Å²) in [4.78, 5) is 31.8. The van der Waals surface area contributed by atoms with E-state index in [-0.39, 0.29) is 11.1 Å². The first-order chi connectivity index (χ1) is 10.5. The van der Waals surface area contributed by atoms with Gasteiger partial charge in [0, 0.05) is 10.6 Å². The van der Waals surface area contributed by atoms with Crippen LogP contribution in [0.25, 0.3) is 10.2 Å². The van der Waals surface area contributed by atoms with Gasteiger partial charge in [0.1, 0.15) is 4.83 Å². The number of thioether (sulfide) groups is 1. The lowest BCUT2D eigenvalue weighted by Gasteiger charge is -2.02. The summed E-state index contributed by atoms with van der Waals surface area (Å²) in [6.45, 7) is 1.95. The number of carbonyl (C=O) groups is 1. The first kappa shape index (κ1) is 14.8. The number of hydrogen-bond acceptors (Lipinski definition) is 5. The van der Waals surface area contributed by atoms with Crippen molar-refractivity contribution < 1.29 is 9.90 Å². The molecule has 0 saturated heterocycles. The Kier molecular flexibility index (Phi) is 4.00. The molecule has 0 aliphatic rings. The molecule has 0 bridgehead atoms. The number of aromatic amines is 1. The predicted octanol–water partition coefficient (Wildman–Crippen LogP) is 3.28. The molecule has 0 unspecified atom stereocenters. The van der Waals surface area contributed by atoms with Crippen molar-refractivity contribution in [2.45, 2.75) is 17.8 Å². The number of aryl methyl sites for hydroxylation is 1. The number of rotatable bonds is 4. The zero-order valence-corrected chi connectivity index (χ0v) is 13.3. The first-order valence-electron chi connectivity index (χ1n) is 6.48. The maximum Gasteiger partial charge on any atom is 0.335 e. The number of fused-ring (bicyclic) bond motifs is 1. The van der Waals surface area contributed by atoms with Crippen molar-refractivity contribution in [2.75, 3.05) is 0 Å². The van der Waals surface area contributed by atoms with Crippen LogP contribution in [0.15, 0.2) is 40.3 Å². The summed E-state index contributed by atoms with van der Waals surface area (Å²) in [5, 5.41) is 10.1. The van der Waals surface area contributed by atoms with Crippen molar-refractivity contribution >= 4 is 39.3 Å². The largest absolute Gasteiger partial charge is 0.478 e. The standard InChI is InChI=1S/C15H12N2O3S2/c1-8-6-11-12(18)16-15(17-13(11)22-8)21-7-9-2-4-10(5-3-9)14(19)20/h2-6H,7H2,1H3,(H,19,20)(H,16,17,18). The number of aromatic nitrogens is 2. The monoisotopic (exact) mass is 332 g/mol. The van der Waals surface area contributed by atoms with Crippen LogP contribution in [-0.2, 0) is 5.75 Å². The highest BCUT2D eigenvalue weighted by Gasteiger charge is 2.08. The third-order valence-electron chi connectivity index (χ3n) is 3.08. The fourth-order valence-corrected chi connectivity index (χ4v) is 3.75. The topological polar surface area (TPSA) is 83.0 Å². The van der Waals surface area contributed by atoms with Gasteiger partial charge in [-0.15, -0.1) is 11.3 Å². The molecule has 0 radical (unpaired) electrons. The predicted molar refractivity (Wildman–Crippen MR) is 87.9 cm³/mol. The van der Waals surface area contributed by atoms with E-state index >= 15 is 0 Å². The SMILES string of the molecule is Cc1cc2c(=O)[nH]c(SCc3ccc(C(=O)O)cc3)nc2s1. The quantitative estimate of drug-likeness (QED) is 0.566. The van der Waals surface area contributed by atoms with Crippen LogP contribution in [0.3, 0.4) is 0 Å². The Labute approximate surface area is 134 Å². The molecular weight excluding hydrogens is 320 g/mol. The third kappa shape index (κ3) is 3.05. The second kappa shape index (κ2) is 5.94. The molecule has 0 atom stereocenters. The molecule has 22 heavy (non-hydrogen) atoms. The van der Waals surface area contributed by atoms with Crippen molar-refractivity contribution in [3.63, 3.8) is 0 Å². The fraction of sp³-hybridized carbons (Fsp3) is 0.133. The van der Waals surface area contributed by atoms with Crippen LogP contribution in [0.1, 0.15) is 20.8 Å². The Hall–Kier alpha value is -2.12. The summed E-state index contributed by atoms with van der Waals surface area (Å²) in [6.07, 6.45) is 0. The molecule has 3 aromatic rings. The Morgan fingerprint density at radius 3 is 2.77 bits per heavy atom. The molecule has 0 fully saturated rings. The number of H-pyrrole nitrogens is 1. The summed E-state index contributed by atoms with van der Waals surface area (Å²) in [5.41, 5.74) is 1.11. The highest BCUT2D eigenvalue weighted by atomic mass is 32.2. The summed E-state index contributed by atoms with van der Waals surface area (Å²) in [5.74, 6) is -0.331. The molecule has 0 saturated carbocycles. The number of nitrogens with one attached hydrogen (secondary N) is 1. The number of aromatic carboxylic acids is 1. The molecule has 0 spiro atoms. The van der Waals surface area contributed by atoms with Gasteiger partial charge in [-0.05, 0) is 30.7 Å². The van der Waals surface area contributed by atoms with Crippen molar-refractivity contribution in [2.24, 2.45) is 0 Å². The molecule has 1 aromatic carbocycles. The zero-order valence-electron chi connectivity index (χ0n) is 11.6. The smallest absolute Gasteiger partial charge is 0.335 e. The van der Waals surface area contributed by atoms with Gasteiger partial charge in [0.15, 0.2) is 5.16 Å². The maximum absolute atomic E-state index is 12.0. The van der Waals surface area contributed by atoms with Crippen LogP contribution < -0.4 is 5.56 Å². The molecule has 5 nitrogen and oxygen atoms in total. The van der Waals surface area contributed by atoms with Gasteiger partial charge in [0.2, 0.25) is 0 Å². The zero-order chi connectivity index (χ0) is 15.7.